The van der Waals surface area contributed by atoms with E-state index in [0.717, 1.165) is 16.7 Å². The lowest BCUT2D eigenvalue weighted by molar-refractivity contribution is 0.0474. The summed E-state index contributed by atoms with van der Waals surface area (Å²) in [6.07, 6.45) is 0. The molecule has 0 aliphatic rings. The van der Waals surface area contributed by atoms with E-state index in [1.54, 1.807) is 13.0 Å². The van der Waals surface area contributed by atoms with E-state index >= 15 is 0 Å². The lowest BCUT2D eigenvalue weighted by Gasteiger charge is -2.10. The van der Waals surface area contributed by atoms with Gasteiger partial charge in [-0.3, -0.25) is 4.79 Å². The Morgan fingerprint density at radius 2 is 1.56 bits per heavy atom. The van der Waals surface area contributed by atoms with Crippen LogP contribution >= 0.6 is 0 Å². The maximum Gasteiger partial charge on any atom is 0.338 e. The first-order chi connectivity index (χ1) is 12.7. The van der Waals surface area contributed by atoms with Crippen molar-refractivity contribution in [3.63, 3.8) is 0 Å². The summed E-state index contributed by atoms with van der Waals surface area (Å²) >= 11 is 0. The number of benzene rings is 2. The first-order valence-corrected chi connectivity index (χ1v) is 10.0. The molecule has 0 atom stereocenters. The number of ketones is 1. The minimum Gasteiger partial charge on any atom is -0.454 e. The molecule has 1 N–H and O–H groups in total. The Kier molecular flexibility index (Phi) is 6.51. The topological polar surface area (TPSA) is 89.5 Å². The number of nitrogens with one attached hydrogen (secondary N) is 1. The standard InChI is InChI=1S/C20H23NO5S/c1-5-21-27(24,25)17-8-6-16(7-9-17)20(23)26-12-19(22)18-11-14(3)13(2)10-15(18)4/h6-11,21H,5,12H2,1-4H3. The van der Waals surface area contributed by atoms with Gasteiger partial charge in [-0.2, -0.15) is 0 Å². The molecular weight excluding hydrogens is 366 g/mol. The van der Waals surface area contributed by atoms with Crippen LogP contribution in [0.3, 0.4) is 0 Å². The van der Waals surface area contributed by atoms with Gasteiger partial charge in [-0.25, -0.2) is 17.9 Å². The van der Waals surface area contributed by atoms with E-state index in [-0.39, 0.29) is 29.4 Å². The summed E-state index contributed by atoms with van der Waals surface area (Å²) < 4.78 is 31.3. The fourth-order valence-electron chi connectivity index (χ4n) is 2.60. The molecule has 6 nitrogen and oxygen atoms in total. The summed E-state index contributed by atoms with van der Waals surface area (Å²) in [6, 6.07) is 9.08. The largest absolute Gasteiger partial charge is 0.454 e. The van der Waals surface area contributed by atoms with Gasteiger partial charge in [-0.1, -0.05) is 13.0 Å². The molecule has 0 aliphatic heterocycles. The average molecular weight is 389 g/mol. The van der Waals surface area contributed by atoms with E-state index in [0.29, 0.717) is 5.56 Å². The molecule has 0 saturated carbocycles. The first-order valence-electron chi connectivity index (χ1n) is 8.53. The molecule has 2 aromatic rings. The van der Waals surface area contributed by atoms with Gasteiger partial charge >= 0.3 is 5.97 Å². The molecular formula is C20H23NO5S. The molecule has 2 rings (SSSR count). The van der Waals surface area contributed by atoms with Crippen molar-refractivity contribution in [2.24, 2.45) is 0 Å². The molecule has 0 radical (unpaired) electrons. The van der Waals surface area contributed by atoms with Crippen LogP contribution in [0, 0.1) is 20.8 Å². The lowest BCUT2D eigenvalue weighted by Crippen LogP contribution is -2.23. The zero-order valence-corrected chi connectivity index (χ0v) is 16.6. The summed E-state index contributed by atoms with van der Waals surface area (Å²) in [5.41, 5.74) is 3.62. The second-order valence-electron chi connectivity index (χ2n) is 6.28. The smallest absolute Gasteiger partial charge is 0.338 e. The molecule has 0 fully saturated rings. The molecule has 0 aromatic heterocycles. The molecule has 0 saturated heterocycles. The molecule has 27 heavy (non-hydrogen) atoms. The van der Waals surface area contributed by atoms with Gasteiger partial charge in [0.15, 0.2) is 6.61 Å². The summed E-state index contributed by atoms with van der Waals surface area (Å²) in [5, 5.41) is 0. The Morgan fingerprint density at radius 3 is 2.15 bits per heavy atom. The molecule has 0 heterocycles. The van der Waals surface area contributed by atoms with Crippen molar-refractivity contribution in [3.8, 4) is 0 Å². The Bertz CT molecular complexity index is 963. The summed E-state index contributed by atoms with van der Waals surface area (Å²) in [7, 11) is -3.58. The lowest BCUT2D eigenvalue weighted by atomic mass is 9.98. The van der Waals surface area contributed by atoms with E-state index in [1.165, 1.54) is 24.3 Å². The first kappa shape index (κ1) is 20.8. The minimum atomic E-state index is -3.58. The maximum atomic E-state index is 12.4. The third-order valence-electron chi connectivity index (χ3n) is 4.21. The Labute approximate surface area is 159 Å². The van der Waals surface area contributed by atoms with E-state index in [2.05, 4.69) is 4.72 Å². The van der Waals surface area contributed by atoms with Crippen molar-refractivity contribution in [3.05, 3.63) is 64.2 Å². The minimum absolute atomic E-state index is 0.0581. The predicted molar refractivity (Wildman–Crippen MR) is 103 cm³/mol. The van der Waals surface area contributed by atoms with Crippen LogP contribution in [0.15, 0.2) is 41.3 Å². The zero-order chi connectivity index (χ0) is 20.2. The molecule has 7 heteroatoms. The van der Waals surface area contributed by atoms with E-state index < -0.39 is 16.0 Å². The second-order valence-corrected chi connectivity index (χ2v) is 8.04. The van der Waals surface area contributed by atoms with Gasteiger partial charge in [0.1, 0.15) is 0 Å². The molecule has 0 spiro atoms. The van der Waals surface area contributed by atoms with Crippen molar-refractivity contribution in [1.29, 1.82) is 0 Å². The van der Waals surface area contributed by atoms with Crippen molar-refractivity contribution in [1.82, 2.24) is 4.72 Å². The van der Waals surface area contributed by atoms with Crippen molar-refractivity contribution in [2.45, 2.75) is 32.6 Å². The van der Waals surface area contributed by atoms with Gasteiger partial charge in [-0.05, 0) is 67.8 Å². The third kappa shape index (κ3) is 5.02. The van der Waals surface area contributed by atoms with Gasteiger partial charge in [0.25, 0.3) is 0 Å². The number of hydrogen-bond acceptors (Lipinski definition) is 5. The van der Waals surface area contributed by atoms with Crippen LogP contribution in [0.1, 0.15) is 44.3 Å². The number of sulfonamides is 1. The van der Waals surface area contributed by atoms with Crippen LogP contribution in [-0.2, 0) is 14.8 Å². The highest BCUT2D eigenvalue weighted by Crippen LogP contribution is 2.16. The van der Waals surface area contributed by atoms with Gasteiger partial charge < -0.3 is 4.74 Å². The van der Waals surface area contributed by atoms with Gasteiger partial charge in [0, 0.05) is 12.1 Å². The van der Waals surface area contributed by atoms with Crippen LogP contribution in [-0.4, -0.2) is 33.3 Å². The molecule has 144 valence electrons. The number of Topliss-reactive ketones (excluding diaryl/α,β-unsaturated/α-hetero) is 1. The highest BCUT2D eigenvalue weighted by atomic mass is 32.2. The number of carbonyl (C=O) groups is 2. The highest BCUT2D eigenvalue weighted by Gasteiger charge is 2.16. The zero-order valence-electron chi connectivity index (χ0n) is 15.8. The van der Waals surface area contributed by atoms with Crippen LogP contribution in [0.5, 0.6) is 0 Å². The quantitative estimate of drug-likeness (QED) is 0.581. The fourth-order valence-corrected chi connectivity index (χ4v) is 3.64. The number of carbonyl (C=O) groups excluding carboxylic acids is 2. The number of hydrogen-bond donors (Lipinski definition) is 1. The number of aryl methyl sites for hydroxylation is 3. The number of esters is 1. The van der Waals surface area contributed by atoms with Crippen LogP contribution < -0.4 is 4.72 Å². The molecule has 2 aromatic carbocycles. The second kappa shape index (κ2) is 8.45. The molecule has 0 aliphatic carbocycles. The third-order valence-corrected chi connectivity index (χ3v) is 5.77. The van der Waals surface area contributed by atoms with E-state index in [9.17, 15) is 18.0 Å². The van der Waals surface area contributed by atoms with Gasteiger partial charge in [0.05, 0.1) is 10.5 Å². The summed E-state index contributed by atoms with van der Waals surface area (Å²) in [5.74, 6) is -0.965. The molecule has 0 bridgehead atoms. The monoisotopic (exact) mass is 389 g/mol. The van der Waals surface area contributed by atoms with E-state index in [4.69, 9.17) is 4.74 Å². The normalized spacial score (nSPS) is 11.3. The number of ether oxygens (including phenoxy) is 1. The molecule has 0 amide bonds. The van der Waals surface area contributed by atoms with Crippen molar-refractivity contribution in [2.75, 3.05) is 13.2 Å². The van der Waals surface area contributed by atoms with Crippen LogP contribution in [0.25, 0.3) is 0 Å². The Morgan fingerprint density at radius 1 is 0.963 bits per heavy atom. The van der Waals surface area contributed by atoms with Crippen molar-refractivity contribution < 1.29 is 22.7 Å². The van der Waals surface area contributed by atoms with Gasteiger partial charge in [0.2, 0.25) is 15.8 Å². The molecule has 0 unspecified atom stereocenters. The van der Waals surface area contributed by atoms with Crippen LogP contribution in [0.2, 0.25) is 0 Å². The maximum absolute atomic E-state index is 12.4. The van der Waals surface area contributed by atoms with Crippen LogP contribution in [0.4, 0.5) is 0 Å². The Balaban J connectivity index is 2.06. The summed E-state index contributed by atoms with van der Waals surface area (Å²) in [6.45, 7) is 7.30. The van der Waals surface area contributed by atoms with Crippen molar-refractivity contribution >= 4 is 21.8 Å². The fraction of sp³-hybridized carbons (Fsp3) is 0.300. The number of rotatable bonds is 7. The Hall–Kier alpha value is -2.51. The predicted octanol–water partition coefficient (Wildman–Crippen LogP) is 2.95. The van der Waals surface area contributed by atoms with E-state index in [1.807, 2.05) is 26.8 Å². The van der Waals surface area contributed by atoms with Gasteiger partial charge in [-0.15, -0.1) is 0 Å². The SMILES string of the molecule is CCNS(=O)(=O)c1ccc(C(=O)OCC(=O)c2cc(C)c(C)cc2C)cc1. The summed E-state index contributed by atoms with van der Waals surface area (Å²) in [4.78, 5) is 24.5. The average Bonchev–Trinajstić information content (AvgIpc) is 2.62. The highest BCUT2D eigenvalue weighted by molar-refractivity contribution is 7.89.